The highest BCUT2D eigenvalue weighted by Crippen LogP contribution is 2.65. The van der Waals surface area contributed by atoms with E-state index in [1.165, 1.54) is 77.6 Å². The Hall–Kier alpha value is -2.72. The summed E-state index contributed by atoms with van der Waals surface area (Å²) < 4.78 is 0. The van der Waals surface area contributed by atoms with Gasteiger partial charge in [-0.25, -0.2) is 0 Å². The van der Waals surface area contributed by atoms with Crippen LogP contribution in [-0.2, 0) is 12.0 Å². The first-order valence-electron chi connectivity index (χ1n) is 21.7. The lowest BCUT2D eigenvalue weighted by Crippen LogP contribution is -2.47. The number of allylic oxidation sites excluding steroid dienone is 1. The largest absolute Gasteiger partial charge is 0.288 e. The number of hydrogen-bond acceptors (Lipinski definition) is 3. The fraction of sp³-hybridized carbons (Fsp3) is 0.608. The molecule has 1 aliphatic carbocycles. The molecule has 292 valence electrons. The SMILES string of the molecule is C=C(C)c1cc(C2CCC(c3ccccc3CC)N2C(C)(C)C)ccc1C1CCC(c2ccc(C34CC3CCN4C(C)(C)C)c(C(C)C)c2)N1C(C)(C)C. The maximum Gasteiger partial charge on any atom is 0.0501 e. The molecule has 6 unspecified atom stereocenters. The van der Waals surface area contributed by atoms with Gasteiger partial charge in [0.05, 0.1) is 5.54 Å². The van der Waals surface area contributed by atoms with Gasteiger partial charge in [-0.1, -0.05) is 87.5 Å². The summed E-state index contributed by atoms with van der Waals surface area (Å²) in [7, 11) is 0. The topological polar surface area (TPSA) is 9.72 Å². The van der Waals surface area contributed by atoms with Gasteiger partial charge in [-0.2, -0.15) is 0 Å². The molecule has 0 radical (unpaired) electrons. The van der Waals surface area contributed by atoms with E-state index in [1.54, 1.807) is 11.1 Å². The van der Waals surface area contributed by atoms with E-state index in [0.29, 0.717) is 30.1 Å². The highest BCUT2D eigenvalue weighted by Gasteiger charge is 2.65. The third kappa shape index (κ3) is 6.77. The predicted molar refractivity (Wildman–Crippen MR) is 231 cm³/mol. The van der Waals surface area contributed by atoms with Crippen molar-refractivity contribution in [3.8, 4) is 0 Å². The molecule has 4 aliphatic rings. The Balaban J connectivity index is 1.23. The molecule has 54 heavy (non-hydrogen) atoms. The number of fused-ring (bicyclic) bond motifs is 1. The normalized spacial score (nSPS) is 28.3. The van der Waals surface area contributed by atoms with Crippen molar-refractivity contribution in [2.24, 2.45) is 5.92 Å². The van der Waals surface area contributed by atoms with Crippen LogP contribution in [0.25, 0.3) is 5.57 Å². The molecule has 3 nitrogen and oxygen atoms in total. The van der Waals surface area contributed by atoms with Gasteiger partial charge in [-0.3, -0.25) is 14.7 Å². The van der Waals surface area contributed by atoms with Crippen LogP contribution in [-0.4, -0.2) is 37.9 Å². The van der Waals surface area contributed by atoms with E-state index in [1.807, 2.05) is 0 Å². The Kier molecular flexibility index (Phi) is 10.3. The molecule has 7 rings (SSSR count). The first-order valence-corrected chi connectivity index (χ1v) is 21.7. The quantitative estimate of drug-likeness (QED) is 0.229. The number of benzene rings is 3. The minimum absolute atomic E-state index is 0.0106. The summed E-state index contributed by atoms with van der Waals surface area (Å²) in [6, 6.07) is 26.0. The van der Waals surface area contributed by atoms with Gasteiger partial charge in [-0.15, -0.1) is 0 Å². The Bertz CT molecular complexity index is 1860. The van der Waals surface area contributed by atoms with Crippen LogP contribution >= 0.6 is 0 Å². The minimum atomic E-state index is 0.0106. The van der Waals surface area contributed by atoms with Crippen LogP contribution in [0.2, 0.25) is 0 Å². The van der Waals surface area contributed by atoms with E-state index < -0.39 is 0 Å². The van der Waals surface area contributed by atoms with Crippen molar-refractivity contribution in [3.63, 3.8) is 0 Å². The number of aryl methyl sites for hydroxylation is 1. The Morgan fingerprint density at radius 3 is 1.80 bits per heavy atom. The highest BCUT2D eigenvalue weighted by molar-refractivity contribution is 5.66. The lowest BCUT2D eigenvalue weighted by Gasteiger charge is -2.44. The standard InChI is InChI=1S/C51H73N3/c1-15-35-18-16-17-19-39(35)46-26-24-44(53(46)49(9,10)11)36-20-22-40(41(30-36)33(2)3)47-27-25-45(54(47)50(12,13)14)37-21-23-43(42(31-37)34(4)5)51-32-38(51)28-29-52(51)48(6,7)8/h16-23,30-31,34,38,44-47H,2,15,24-29,32H2,1,3-14H3. The first kappa shape index (κ1) is 39.5. The maximum absolute atomic E-state index is 4.62. The van der Waals surface area contributed by atoms with E-state index >= 15 is 0 Å². The van der Waals surface area contributed by atoms with Crippen LogP contribution in [0.4, 0.5) is 0 Å². The zero-order valence-electron chi connectivity index (χ0n) is 36.4. The fourth-order valence-electron chi connectivity index (χ4n) is 11.9. The van der Waals surface area contributed by atoms with E-state index in [9.17, 15) is 0 Å². The lowest BCUT2D eigenvalue weighted by molar-refractivity contribution is 0.0732. The average Bonchev–Trinajstić information content (AvgIpc) is 3.46. The summed E-state index contributed by atoms with van der Waals surface area (Å²) in [4.78, 5) is 8.55. The summed E-state index contributed by atoms with van der Waals surface area (Å²) >= 11 is 0. The summed E-state index contributed by atoms with van der Waals surface area (Å²) in [5.74, 6) is 1.31. The number of rotatable bonds is 8. The van der Waals surface area contributed by atoms with Gasteiger partial charge in [-0.05, 0) is 183 Å². The van der Waals surface area contributed by atoms with Gasteiger partial charge in [0.2, 0.25) is 0 Å². The molecule has 0 amide bonds. The van der Waals surface area contributed by atoms with Gasteiger partial charge in [0.1, 0.15) is 0 Å². The summed E-state index contributed by atoms with van der Waals surface area (Å²) in [6.07, 6.45) is 8.45. The van der Waals surface area contributed by atoms with Crippen LogP contribution in [0.1, 0.15) is 203 Å². The molecule has 3 heterocycles. The van der Waals surface area contributed by atoms with Crippen molar-refractivity contribution >= 4 is 5.57 Å². The minimum Gasteiger partial charge on any atom is -0.288 e. The van der Waals surface area contributed by atoms with E-state index in [-0.39, 0.29) is 22.2 Å². The molecule has 3 heteroatoms. The van der Waals surface area contributed by atoms with E-state index in [4.69, 9.17) is 0 Å². The van der Waals surface area contributed by atoms with Crippen LogP contribution in [0.3, 0.4) is 0 Å². The van der Waals surface area contributed by atoms with Gasteiger partial charge in [0, 0.05) is 40.8 Å². The molecule has 3 aromatic carbocycles. The van der Waals surface area contributed by atoms with E-state index in [2.05, 4.69) is 172 Å². The average molecular weight is 728 g/mol. The number of likely N-dealkylation sites (tertiary alicyclic amines) is 3. The molecule has 0 N–H and O–H groups in total. The van der Waals surface area contributed by atoms with Crippen molar-refractivity contribution in [3.05, 3.63) is 112 Å². The van der Waals surface area contributed by atoms with Crippen LogP contribution in [0, 0.1) is 5.92 Å². The van der Waals surface area contributed by atoms with Crippen molar-refractivity contribution in [2.75, 3.05) is 6.54 Å². The van der Waals surface area contributed by atoms with Gasteiger partial charge >= 0.3 is 0 Å². The molecule has 0 bridgehead atoms. The zero-order valence-corrected chi connectivity index (χ0v) is 36.4. The number of hydrogen-bond donors (Lipinski definition) is 0. The fourth-order valence-corrected chi connectivity index (χ4v) is 11.9. The third-order valence-corrected chi connectivity index (χ3v) is 14.0. The van der Waals surface area contributed by atoms with Crippen molar-refractivity contribution in [1.82, 2.24) is 14.7 Å². The Morgan fingerprint density at radius 2 is 1.26 bits per heavy atom. The van der Waals surface area contributed by atoms with Gasteiger partial charge < -0.3 is 0 Å². The molecule has 3 aliphatic heterocycles. The second kappa shape index (κ2) is 14.0. The van der Waals surface area contributed by atoms with Crippen molar-refractivity contribution in [1.29, 1.82) is 0 Å². The Morgan fingerprint density at radius 1 is 0.704 bits per heavy atom. The third-order valence-electron chi connectivity index (χ3n) is 14.0. The lowest BCUT2D eigenvalue weighted by atomic mass is 9.85. The highest BCUT2D eigenvalue weighted by atomic mass is 15.3. The molecule has 0 aromatic heterocycles. The molecular formula is C51H73N3. The summed E-state index contributed by atoms with van der Waals surface area (Å²) in [5, 5.41) is 0. The van der Waals surface area contributed by atoms with Crippen molar-refractivity contribution < 1.29 is 0 Å². The van der Waals surface area contributed by atoms with Gasteiger partial charge in [0.25, 0.3) is 0 Å². The van der Waals surface area contributed by atoms with Gasteiger partial charge in [0.15, 0.2) is 0 Å². The summed E-state index contributed by atoms with van der Waals surface area (Å²) in [5.41, 5.74) is 13.6. The smallest absolute Gasteiger partial charge is 0.0501 e. The monoisotopic (exact) mass is 728 g/mol. The molecular weight excluding hydrogens is 655 g/mol. The Labute approximate surface area is 330 Å². The van der Waals surface area contributed by atoms with Crippen molar-refractivity contribution in [2.45, 2.75) is 187 Å². The molecule has 6 atom stereocenters. The molecule has 1 saturated carbocycles. The molecule has 3 saturated heterocycles. The molecule has 4 fully saturated rings. The second-order valence-electron chi connectivity index (χ2n) is 21.0. The number of piperidine rings is 1. The van der Waals surface area contributed by atoms with Crippen LogP contribution in [0.5, 0.6) is 0 Å². The van der Waals surface area contributed by atoms with Crippen LogP contribution in [0.15, 0.2) is 67.2 Å². The van der Waals surface area contributed by atoms with E-state index in [0.717, 1.165) is 18.8 Å². The molecule has 0 spiro atoms. The zero-order chi connectivity index (χ0) is 39.1. The first-order chi connectivity index (χ1) is 25.3. The predicted octanol–water partition coefficient (Wildman–Crippen LogP) is 13.5. The molecule has 3 aromatic rings. The maximum atomic E-state index is 4.62. The second-order valence-corrected chi connectivity index (χ2v) is 21.0. The summed E-state index contributed by atoms with van der Waals surface area (Å²) in [6.45, 7) is 37.0. The van der Waals surface area contributed by atoms with Crippen LogP contribution < -0.4 is 0 Å². The number of nitrogens with zero attached hydrogens (tertiary/aromatic N) is 3.